The first kappa shape index (κ1) is 9.05. The third-order valence-electron chi connectivity index (χ3n) is 1.85. The predicted molar refractivity (Wildman–Crippen MR) is 50.4 cm³/mol. The summed E-state index contributed by atoms with van der Waals surface area (Å²) in [5.74, 6) is 0.561. The van der Waals surface area contributed by atoms with E-state index in [9.17, 15) is 0 Å². The van der Waals surface area contributed by atoms with Gasteiger partial charge >= 0.3 is 7.12 Å². The molecule has 72 valence electrons. The quantitative estimate of drug-likeness (QED) is 0.629. The highest BCUT2D eigenvalue weighted by Gasteiger charge is 2.17. The minimum Gasteiger partial charge on any atom is -0.495 e. The van der Waals surface area contributed by atoms with E-state index in [4.69, 9.17) is 19.2 Å². The highest BCUT2D eigenvalue weighted by molar-refractivity contribution is 6.57. The van der Waals surface area contributed by atoms with Crippen molar-refractivity contribution >= 4 is 23.9 Å². The number of fused-ring (bicyclic) bond motifs is 1. The lowest BCUT2D eigenvalue weighted by Crippen LogP contribution is -2.27. The number of hydrogen-bond donors (Lipinski definition) is 2. The summed E-state index contributed by atoms with van der Waals surface area (Å²) >= 11 is 0. The van der Waals surface area contributed by atoms with E-state index in [2.05, 4.69) is 4.98 Å². The van der Waals surface area contributed by atoms with Crippen LogP contribution in [0.5, 0.6) is 5.75 Å². The Labute approximate surface area is 80.1 Å². The van der Waals surface area contributed by atoms with E-state index in [0.717, 1.165) is 0 Å². The Balaban J connectivity index is 2.54. The van der Waals surface area contributed by atoms with Gasteiger partial charge in [-0.3, -0.25) is 0 Å². The van der Waals surface area contributed by atoms with Crippen LogP contribution < -0.4 is 10.4 Å². The van der Waals surface area contributed by atoms with Crippen molar-refractivity contribution in [1.29, 1.82) is 0 Å². The number of rotatable bonds is 2. The summed E-state index contributed by atoms with van der Waals surface area (Å²) < 4.78 is 10.1. The van der Waals surface area contributed by atoms with Crippen LogP contribution in [0.1, 0.15) is 0 Å². The molecule has 2 N–H and O–H groups in total. The SMILES string of the molecule is COc1cnc2cc(B(O)O)oc2c1. The van der Waals surface area contributed by atoms with E-state index in [1.54, 1.807) is 6.07 Å². The maximum Gasteiger partial charge on any atom is 0.526 e. The fourth-order valence-corrected chi connectivity index (χ4v) is 1.16. The van der Waals surface area contributed by atoms with Crippen LogP contribution in [0.2, 0.25) is 0 Å². The van der Waals surface area contributed by atoms with Crippen LogP contribution in [0.15, 0.2) is 22.7 Å². The van der Waals surface area contributed by atoms with E-state index in [-0.39, 0.29) is 5.66 Å². The second-order valence-electron chi connectivity index (χ2n) is 2.78. The van der Waals surface area contributed by atoms with Gasteiger partial charge in [0.25, 0.3) is 0 Å². The number of hydrogen-bond acceptors (Lipinski definition) is 5. The average molecular weight is 193 g/mol. The molecule has 0 saturated carbocycles. The van der Waals surface area contributed by atoms with Gasteiger partial charge in [-0.2, -0.15) is 0 Å². The molecule has 0 amide bonds. The molecule has 0 spiro atoms. The summed E-state index contributed by atoms with van der Waals surface area (Å²) in [7, 11) is -0.0941. The monoisotopic (exact) mass is 193 g/mol. The molecule has 2 rings (SSSR count). The molecule has 0 saturated heterocycles. The van der Waals surface area contributed by atoms with Crippen LogP contribution >= 0.6 is 0 Å². The molecule has 0 radical (unpaired) electrons. The normalized spacial score (nSPS) is 10.5. The Kier molecular flexibility index (Phi) is 2.15. The van der Waals surface area contributed by atoms with Crippen molar-refractivity contribution in [2.45, 2.75) is 0 Å². The molecular formula is C8H8BNO4. The molecule has 0 aliphatic carbocycles. The van der Waals surface area contributed by atoms with Crippen LogP contribution in [-0.2, 0) is 0 Å². The number of pyridine rings is 1. The Hall–Kier alpha value is -1.53. The Bertz CT molecular complexity index is 454. The van der Waals surface area contributed by atoms with E-state index in [1.165, 1.54) is 19.4 Å². The smallest absolute Gasteiger partial charge is 0.495 e. The highest BCUT2D eigenvalue weighted by Crippen LogP contribution is 2.17. The van der Waals surface area contributed by atoms with Crippen molar-refractivity contribution in [3.05, 3.63) is 18.3 Å². The first-order chi connectivity index (χ1) is 6.70. The minimum absolute atomic E-state index is 0.0701. The lowest BCUT2D eigenvalue weighted by atomic mass is 9.88. The first-order valence-electron chi connectivity index (χ1n) is 4.00. The molecule has 6 heteroatoms. The van der Waals surface area contributed by atoms with E-state index >= 15 is 0 Å². The first-order valence-corrected chi connectivity index (χ1v) is 4.00. The van der Waals surface area contributed by atoms with Gasteiger partial charge in [-0.1, -0.05) is 0 Å². The fourth-order valence-electron chi connectivity index (χ4n) is 1.16. The zero-order valence-corrected chi connectivity index (χ0v) is 7.47. The third-order valence-corrected chi connectivity index (χ3v) is 1.85. The largest absolute Gasteiger partial charge is 0.526 e. The minimum atomic E-state index is -1.62. The zero-order valence-electron chi connectivity index (χ0n) is 7.47. The predicted octanol–water partition coefficient (Wildman–Crippen LogP) is -0.484. The summed E-state index contributed by atoms with van der Waals surface area (Å²) in [5, 5.41) is 17.7. The lowest BCUT2D eigenvalue weighted by molar-refractivity contribution is 0.409. The van der Waals surface area contributed by atoms with Crippen LogP contribution in [0.25, 0.3) is 11.1 Å². The lowest BCUT2D eigenvalue weighted by Gasteiger charge is -1.96. The Morgan fingerprint density at radius 3 is 2.86 bits per heavy atom. The van der Waals surface area contributed by atoms with Gasteiger partial charge in [0, 0.05) is 12.1 Å². The van der Waals surface area contributed by atoms with Crippen LogP contribution in [-0.4, -0.2) is 29.3 Å². The molecule has 0 fully saturated rings. The fraction of sp³-hybridized carbons (Fsp3) is 0.125. The van der Waals surface area contributed by atoms with Crippen LogP contribution in [0.3, 0.4) is 0 Å². The van der Waals surface area contributed by atoms with Gasteiger partial charge in [-0.05, 0) is 0 Å². The van der Waals surface area contributed by atoms with E-state index in [1.807, 2.05) is 0 Å². The Morgan fingerprint density at radius 1 is 1.43 bits per heavy atom. The molecule has 2 heterocycles. The number of furan rings is 1. The number of aromatic nitrogens is 1. The molecule has 0 aliphatic rings. The maximum absolute atomic E-state index is 8.85. The summed E-state index contributed by atoms with van der Waals surface area (Å²) in [5.41, 5.74) is 1.10. The van der Waals surface area contributed by atoms with Gasteiger partial charge in [0.15, 0.2) is 5.58 Å². The summed E-state index contributed by atoms with van der Waals surface area (Å²) in [6.45, 7) is 0. The molecule has 0 unspecified atom stereocenters. The summed E-state index contributed by atoms with van der Waals surface area (Å²) in [6.07, 6.45) is 1.53. The molecular weight excluding hydrogens is 185 g/mol. The van der Waals surface area contributed by atoms with E-state index in [0.29, 0.717) is 16.8 Å². The average Bonchev–Trinajstić information content (AvgIpc) is 2.59. The molecule has 0 bridgehead atoms. The second-order valence-corrected chi connectivity index (χ2v) is 2.78. The Morgan fingerprint density at radius 2 is 2.21 bits per heavy atom. The van der Waals surface area contributed by atoms with Crippen molar-refractivity contribution in [1.82, 2.24) is 4.98 Å². The van der Waals surface area contributed by atoms with Crippen molar-refractivity contribution in [3.8, 4) is 5.75 Å². The van der Waals surface area contributed by atoms with Crippen LogP contribution in [0, 0.1) is 0 Å². The van der Waals surface area contributed by atoms with Crippen molar-refractivity contribution in [3.63, 3.8) is 0 Å². The van der Waals surface area contributed by atoms with Gasteiger partial charge in [0.1, 0.15) is 16.9 Å². The summed E-state index contributed by atoms with van der Waals surface area (Å²) in [4.78, 5) is 4.01. The number of ether oxygens (including phenoxy) is 1. The van der Waals surface area contributed by atoms with Gasteiger partial charge in [-0.25, -0.2) is 4.98 Å². The molecule has 0 aliphatic heterocycles. The topological polar surface area (TPSA) is 75.7 Å². The van der Waals surface area contributed by atoms with Gasteiger partial charge in [0.05, 0.1) is 13.3 Å². The molecule has 2 aromatic heterocycles. The van der Waals surface area contributed by atoms with E-state index < -0.39 is 7.12 Å². The highest BCUT2D eigenvalue weighted by atomic mass is 16.5. The van der Waals surface area contributed by atoms with Gasteiger partial charge in [0.2, 0.25) is 0 Å². The standard InChI is InChI=1S/C8H8BNO4/c1-13-5-2-7-6(10-4-5)3-8(14-7)9(11)12/h2-4,11-12H,1H3. The summed E-state index contributed by atoms with van der Waals surface area (Å²) in [6, 6.07) is 3.10. The molecule has 0 aromatic carbocycles. The number of methoxy groups -OCH3 is 1. The molecule has 5 nitrogen and oxygen atoms in total. The van der Waals surface area contributed by atoms with Crippen LogP contribution in [0.4, 0.5) is 0 Å². The van der Waals surface area contributed by atoms with Gasteiger partial charge in [-0.15, -0.1) is 0 Å². The van der Waals surface area contributed by atoms with Crippen molar-refractivity contribution < 1.29 is 19.2 Å². The maximum atomic E-state index is 8.85. The van der Waals surface area contributed by atoms with Crippen molar-refractivity contribution in [2.75, 3.05) is 7.11 Å². The molecule has 2 aromatic rings. The zero-order chi connectivity index (χ0) is 10.1. The molecule has 0 atom stereocenters. The van der Waals surface area contributed by atoms with Crippen molar-refractivity contribution in [2.24, 2.45) is 0 Å². The second kappa shape index (κ2) is 3.32. The third kappa shape index (κ3) is 1.45. The number of nitrogens with zero attached hydrogens (tertiary/aromatic N) is 1. The molecule has 14 heavy (non-hydrogen) atoms. The van der Waals surface area contributed by atoms with Gasteiger partial charge < -0.3 is 19.2 Å².